The Kier molecular flexibility index (Phi) is 10.1. The molecule has 1 aromatic heterocycles. The molecule has 1 aliphatic heterocycles. The fraction of sp³-hybridized carbons (Fsp3) is 0.517. The highest BCUT2D eigenvalue weighted by Gasteiger charge is 2.44. The zero-order valence-corrected chi connectivity index (χ0v) is 23.5. The minimum Gasteiger partial charge on any atom is -0.492 e. The van der Waals surface area contributed by atoms with E-state index in [0.717, 1.165) is 29.8 Å². The molecule has 39 heavy (non-hydrogen) atoms. The van der Waals surface area contributed by atoms with Crippen molar-refractivity contribution in [2.24, 2.45) is 5.92 Å². The highest BCUT2D eigenvalue weighted by molar-refractivity contribution is 7.07. The predicted octanol–water partition coefficient (Wildman–Crippen LogP) is 2.83. The Labute approximate surface area is 234 Å². The second-order valence-corrected chi connectivity index (χ2v) is 11.4. The smallest absolute Gasteiger partial charge is 0.246 e. The number of ether oxygens (including phenoxy) is 1. The number of rotatable bonds is 4. The third kappa shape index (κ3) is 7.89. The van der Waals surface area contributed by atoms with Crippen molar-refractivity contribution in [1.29, 1.82) is 0 Å². The van der Waals surface area contributed by atoms with Crippen molar-refractivity contribution in [1.82, 2.24) is 26.3 Å². The van der Waals surface area contributed by atoms with Gasteiger partial charge in [-0.1, -0.05) is 57.0 Å². The molecule has 1 aliphatic carbocycles. The van der Waals surface area contributed by atoms with Crippen molar-refractivity contribution in [3.63, 3.8) is 0 Å². The van der Waals surface area contributed by atoms with Gasteiger partial charge in [-0.05, 0) is 31.2 Å². The van der Waals surface area contributed by atoms with Gasteiger partial charge in [-0.15, -0.1) is 11.3 Å². The van der Waals surface area contributed by atoms with Crippen LogP contribution in [0.1, 0.15) is 57.2 Å². The maximum atomic E-state index is 13.7. The lowest BCUT2D eigenvalue weighted by atomic mass is 9.93. The van der Waals surface area contributed by atoms with E-state index in [1.165, 1.54) is 11.3 Å². The number of thiazole rings is 1. The van der Waals surface area contributed by atoms with Crippen molar-refractivity contribution in [2.45, 2.75) is 70.0 Å². The Bertz CT molecular complexity index is 1140. The van der Waals surface area contributed by atoms with Crippen molar-refractivity contribution in [2.75, 3.05) is 19.7 Å². The quantitative estimate of drug-likeness (QED) is 0.462. The summed E-state index contributed by atoms with van der Waals surface area (Å²) in [4.78, 5) is 44.9. The van der Waals surface area contributed by atoms with Crippen LogP contribution < -0.4 is 26.0 Å². The van der Waals surface area contributed by atoms with E-state index in [-0.39, 0.29) is 36.6 Å². The molecule has 4 rings (SSSR count). The van der Waals surface area contributed by atoms with Crippen LogP contribution in [0.2, 0.25) is 0 Å². The van der Waals surface area contributed by atoms with Crippen LogP contribution in [-0.2, 0) is 20.8 Å². The average molecular weight is 554 g/mol. The largest absolute Gasteiger partial charge is 0.492 e. The van der Waals surface area contributed by atoms with Gasteiger partial charge in [0.1, 0.15) is 23.9 Å². The number of fused-ring (bicyclic) bond motifs is 1. The number of hydrogen-bond acceptors (Lipinski definition) is 7. The van der Waals surface area contributed by atoms with Crippen molar-refractivity contribution < 1.29 is 19.1 Å². The Hall–Kier alpha value is -3.24. The number of hydrogen-bond donors (Lipinski definition) is 4. The number of benzene rings is 1. The van der Waals surface area contributed by atoms with E-state index >= 15 is 0 Å². The summed E-state index contributed by atoms with van der Waals surface area (Å²) in [7, 11) is 0. The van der Waals surface area contributed by atoms with Crippen molar-refractivity contribution in [3.8, 4) is 5.75 Å². The summed E-state index contributed by atoms with van der Waals surface area (Å²) >= 11 is 1.44. The monoisotopic (exact) mass is 553 g/mol. The fourth-order valence-electron chi connectivity index (χ4n) is 5.13. The summed E-state index contributed by atoms with van der Waals surface area (Å²) in [5.74, 6) is 0.181. The maximum absolute atomic E-state index is 13.7. The first-order valence-electron chi connectivity index (χ1n) is 13.8. The van der Waals surface area contributed by atoms with Gasteiger partial charge < -0.3 is 26.0 Å². The van der Waals surface area contributed by atoms with Gasteiger partial charge in [0.15, 0.2) is 0 Å². The first-order chi connectivity index (χ1) is 18.9. The van der Waals surface area contributed by atoms with Crippen molar-refractivity contribution in [3.05, 3.63) is 52.5 Å². The second kappa shape index (κ2) is 13.7. The molecule has 2 atom stereocenters. The Morgan fingerprint density at radius 1 is 1.10 bits per heavy atom. The van der Waals surface area contributed by atoms with Gasteiger partial charge in [0.2, 0.25) is 17.7 Å². The van der Waals surface area contributed by atoms with Crippen LogP contribution in [0.4, 0.5) is 0 Å². The molecule has 2 heterocycles. The van der Waals surface area contributed by atoms with E-state index in [1.807, 2.05) is 41.8 Å². The molecule has 1 spiro atoms. The van der Waals surface area contributed by atoms with Crippen LogP contribution in [0.3, 0.4) is 0 Å². The number of nitrogens with zero attached hydrogens (tertiary/aromatic N) is 1. The molecule has 1 fully saturated rings. The lowest BCUT2D eigenvalue weighted by Gasteiger charge is -2.33. The Morgan fingerprint density at radius 3 is 2.64 bits per heavy atom. The molecule has 0 radical (unpaired) electrons. The van der Waals surface area contributed by atoms with Gasteiger partial charge >= 0.3 is 0 Å². The number of para-hydroxylation sites is 1. The molecule has 1 saturated carbocycles. The van der Waals surface area contributed by atoms with Crippen LogP contribution in [0.25, 0.3) is 6.08 Å². The van der Waals surface area contributed by atoms with E-state index in [1.54, 1.807) is 5.51 Å². The molecule has 2 aromatic rings. The molecule has 3 amide bonds. The van der Waals surface area contributed by atoms with Crippen molar-refractivity contribution >= 4 is 35.1 Å². The third-order valence-corrected chi connectivity index (χ3v) is 7.79. The van der Waals surface area contributed by atoms with Crippen LogP contribution in [0.5, 0.6) is 5.75 Å². The normalized spacial score (nSPS) is 23.6. The van der Waals surface area contributed by atoms with E-state index in [9.17, 15) is 14.4 Å². The summed E-state index contributed by atoms with van der Waals surface area (Å²) in [5.41, 5.74) is 2.28. The molecule has 0 unspecified atom stereocenters. The van der Waals surface area contributed by atoms with E-state index < -0.39 is 17.6 Å². The zero-order valence-electron chi connectivity index (χ0n) is 22.7. The van der Waals surface area contributed by atoms with Gasteiger partial charge in [-0.3, -0.25) is 14.4 Å². The Morgan fingerprint density at radius 2 is 1.90 bits per heavy atom. The van der Waals surface area contributed by atoms with Crippen LogP contribution in [-0.4, -0.2) is 60.0 Å². The highest BCUT2D eigenvalue weighted by atomic mass is 32.1. The SMILES string of the molecule is CC(C)C[C@@H]1NCCOc2ccccc2/C=C\CNC(=O)[C@H](Cc2cscn2)NC(=O)C2(CCCC2)NC1=O. The van der Waals surface area contributed by atoms with E-state index in [0.29, 0.717) is 32.4 Å². The van der Waals surface area contributed by atoms with Crippen LogP contribution in [0, 0.1) is 5.92 Å². The summed E-state index contributed by atoms with van der Waals surface area (Å²) in [6.07, 6.45) is 7.39. The van der Waals surface area contributed by atoms with Gasteiger partial charge in [0.25, 0.3) is 0 Å². The van der Waals surface area contributed by atoms with Gasteiger partial charge in [-0.2, -0.15) is 0 Å². The van der Waals surface area contributed by atoms with Crippen LogP contribution in [0.15, 0.2) is 41.2 Å². The maximum Gasteiger partial charge on any atom is 0.246 e. The standard InChI is InChI=1S/C29H39N5O4S/c1-20(2)16-23-27(36)34-29(11-5-6-12-29)28(37)33-24(17-22-18-39-19-32-22)26(35)31-13-7-9-21-8-3-4-10-25(21)38-15-14-30-23/h3-4,7-10,18-20,23-24,30H,5-6,11-17H2,1-2H3,(H,31,35)(H,33,37)(H,34,36)/b9-7-/t23-,24-/m0/s1. The summed E-state index contributed by atoms with van der Waals surface area (Å²) in [6, 6.07) is 6.40. The second-order valence-electron chi connectivity index (χ2n) is 10.7. The molecular formula is C29H39N5O4S. The average Bonchev–Trinajstić information content (AvgIpc) is 3.61. The lowest BCUT2D eigenvalue weighted by Crippen LogP contribution is -2.63. The topological polar surface area (TPSA) is 121 Å². The molecule has 10 heteroatoms. The molecule has 210 valence electrons. The molecule has 4 N–H and O–H groups in total. The van der Waals surface area contributed by atoms with E-state index in [2.05, 4.69) is 40.1 Å². The summed E-state index contributed by atoms with van der Waals surface area (Å²) in [5, 5.41) is 14.2. The molecule has 0 saturated heterocycles. The molecule has 2 aliphatic rings. The number of carbonyl (C=O) groups is 3. The summed E-state index contributed by atoms with van der Waals surface area (Å²) < 4.78 is 6.03. The number of nitrogens with one attached hydrogen (secondary N) is 4. The molecule has 1 aromatic carbocycles. The summed E-state index contributed by atoms with van der Waals surface area (Å²) in [6.45, 7) is 5.29. The number of aromatic nitrogens is 1. The van der Waals surface area contributed by atoms with E-state index in [4.69, 9.17) is 4.74 Å². The highest BCUT2D eigenvalue weighted by Crippen LogP contribution is 2.30. The molecular weight excluding hydrogens is 514 g/mol. The minimum absolute atomic E-state index is 0.203. The minimum atomic E-state index is -1.05. The lowest BCUT2D eigenvalue weighted by molar-refractivity contribution is -0.136. The predicted molar refractivity (Wildman–Crippen MR) is 152 cm³/mol. The Balaban J connectivity index is 1.61. The molecule has 0 bridgehead atoms. The van der Waals surface area contributed by atoms with Crippen LogP contribution >= 0.6 is 11.3 Å². The zero-order chi connectivity index (χ0) is 27.7. The number of amides is 3. The fourth-order valence-corrected chi connectivity index (χ4v) is 5.70. The number of carbonyl (C=O) groups excluding carboxylic acids is 3. The van der Waals surface area contributed by atoms with Gasteiger partial charge in [-0.25, -0.2) is 4.98 Å². The third-order valence-electron chi connectivity index (χ3n) is 7.16. The first kappa shape index (κ1) is 28.8. The molecule has 9 nitrogen and oxygen atoms in total. The van der Waals surface area contributed by atoms with Gasteiger partial charge in [0.05, 0.1) is 17.2 Å². The first-order valence-corrected chi connectivity index (χ1v) is 14.7. The van der Waals surface area contributed by atoms with Gasteiger partial charge in [0, 0.05) is 30.5 Å².